The van der Waals surface area contributed by atoms with E-state index >= 15 is 0 Å². The highest BCUT2D eigenvalue weighted by atomic mass is 14.2. The van der Waals surface area contributed by atoms with E-state index in [0.29, 0.717) is 0 Å². The van der Waals surface area contributed by atoms with Crippen molar-refractivity contribution >= 4 is 32.3 Å². The minimum Gasteiger partial charge on any atom is -0.0616 e. The Morgan fingerprint density at radius 3 is 1.58 bits per heavy atom. The van der Waals surface area contributed by atoms with Gasteiger partial charge in [0.05, 0.1) is 0 Å². The maximum absolute atomic E-state index is 2.39. The number of hydrogen-bond acceptors (Lipinski definition) is 0. The van der Waals surface area contributed by atoms with E-state index in [4.69, 9.17) is 0 Å². The van der Waals surface area contributed by atoms with Gasteiger partial charge in [-0.15, -0.1) is 0 Å². The van der Waals surface area contributed by atoms with Crippen LogP contribution in [0.15, 0.2) is 152 Å². The van der Waals surface area contributed by atoms with Crippen LogP contribution in [0.1, 0.15) is 16.7 Å². The Hall–Kier alpha value is -5.46. The highest BCUT2D eigenvalue weighted by molar-refractivity contribution is 6.08. The van der Waals surface area contributed by atoms with Crippen molar-refractivity contribution in [1.29, 1.82) is 0 Å². The van der Waals surface area contributed by atoms with Crippen LogP contribution in [-0.4, -0.2) is 0 Å². The molecule has 0 atom stereocenters. The summed E-state index contributed by atoms with van der Waals surface area (Å²) in [5.41, 5.74) is 13.9. The van der Waals surface area contributed by atoms with Crippen molar-refractivity contribution in [3.8, 4) is 44.5 Å². The second-order valence-corrected chi connectivity index (χ2v) is 12.4. The third-order valence-electron chi connectivity index (χ3n) is 9.32. The van der Waals surface area contributed by atoms with E-state index in [1.54, 1.807) is 0 Å². The van der Waals surface area contributed by atoms with Gasteiger partial charge in [-0.1, -0.05) is 145 Å². The fourth-order valence-electron chi connectivity index (χ4n) is 7.02. The predicted octanol–water partition coefficient (Wildman–Crippen LogP) is 12.7. The molecule has 0 saturated heterocycles. The summed E-state index contributed by atoms with van der Waals surface area (Å²) in [4.78, 5) is 0. The second kappa shape index (κ2) is 10.9. The zero-order valence-electron chi connectivity index (χ0n) is 25.9. The van der Waals surface area contributed by atoms with E-state index in [1.807, 2.05) is 0 Å². The topological polar surface area (TPSA) is 0 Å². The summed E-state index contributed by atoms with van der Waals surface area (Å²) in [5, 5.41) is 7.69. The number of hydrogen-bond donors (Lipinski definition) is 0. The molecule has 0 N–H and O–H groups in total. The Labute approximate surface area is 265 Å². The molecule has 0 unspecified atom stereocenters. The Balaban J connectivity index is 1.29. The van der Waals surface area contributed by atoms with E-state index in [0.717, 1.165) is 0 Å². The molecular formula is C45H34. The van der Waals surface area contributed by atoms with Crippen molar-refractivity contribution in [1.82, 2.24) is 0 Å². The molecular weight excluding hydrogens is 540 g/mol. The molecule has 45 heavy (non-hydrogen) atoms. The summed E-state index contributed by atoms with van der Waals surface area (Å²) in [7, 11) is 0. The third kappa shape index (κ3) is 4.80. The van der Waals surface area contributed by atoms with Gasteiger partial charge in [0.2, 0.25) is 0 Å². The quantitative estimate of drug-likeness (QED) is 0.196. The smallest absolute Gasteiger partial charge is 0.00966 e. The van der Waals surface area contributed by atoms with Gasteiger partial charge in [-0.05, 0) is 121 Å². The maximum Gasteiger partial charge on any atom is -0.00966 e. The van der Waals surface area contributed by atoms with Crippen LogP contribution in [0.5, 0.6) is 0 Å². The molecule has 0 aliphatic heterocycles. The summed E-state index contributed by atoms with van der Waals surface area (Å²) in [6.07, 6.45) is 0. The molecule has 0 bridgehead atoms. The van der Waals surface area contributed by atoms with Crippen molar-refractivity contribution in [3.63, 3.8) is 0 Å². The highest BCUT2D eigenvalue weighted by Gasteiger charge is 2.14. The molecule has 0 nitrogen and oxygen atoms in total. The van der Waals surface area contributed by atoms with Gasteiger partial charge in [0.25, 0.3) is 0 Å². The molecule has 0 heteroatoms. The fourth-order valence-corrected chi connectivity index (χ4v) is 7.02. The summed E-state index contributed by atoms with van der Waals surface area (Å²) >= 11 is 0. The van der Waals surface area contributed by atoms with Crippen LogP contribution >= 0.6 is 0 Å². The molecule has 8 aromatic rings. The molecule has 0 aromatic heterocycles. The van der Waals surface area contributed by atoms with Crippen molar-refractivity contribution in [2.75, 3.05) is 0 Å². The predicted molar refractivity (Wildman–Crippen MR) is 195 cm³/mol. The zero-order chi connectivity index (χ0) is 30.5. The van der Waals surface area contributed by atoms with E-state index in [9.17, 15) is 0 Å². The number of benzene rings is 8. The molecule has 214 valence electrons. The van der Waals surface area contributed by atoms with Gasteiger partial charge < -0.3 is 0 Å². The largest absolute Gasteiger partial charge is 0.0616 e. The van der Waals surface area contributed by atoms with Crippen molar-refractivity contribution in [3.05, 3.63) is 168 Å². The summed E-state index contributed by atoms with van der Waals surface area (Å²) in [5.74, 6) is 0. The van der Waals surface area contributed by atoms with Crippen LogP contribution in [0.25, 0.3) is 76.8 Å². The Bertz CT molecular complexity index is 2380. The first-order valence-corrected chi connectivity index (χ1v) is 15.8. The lowest BCUT2D eigenvalue weighted by atomic mass is 9.88. The van der Waals surface area contributed by atoms with Crippen LogP contribution in [0.3, 0.4) is 0 Å². The summed E-state index contributed by atoms with van der Waals surface area (Å²) < 4.78 is 0. The van der Waals surface area contributed by atoms with Gasteiger partial charge in [0.1, 0.15) is 0 Å². The van der Waals surface area contributed by atoms with Crippen LogP contribution < -0.4 is 0 Å². The lowest BCUT2D eigenvalue weighted by Gasteiger charge is -2.16. The lowest BCUT2D eigenvalue weighted by molar-refractivity contribution is 1.47. The van der Waals surface area contributed by atoms with Crippen LogP contribution in [0.4, 0.5) is 0 Å². The Morgan fingerprint density at radius 1 is 0.289 bits per heavy atom. The number of fused-ring (bicyclic) bond motifs is 3. The minimum atomic E-state index is 1.24. The molecule has 8 aromatic carbocycles. The van der Waals surface area contributed by atoms with E-state index in [-0.39, 0.29) is 0 Å². The lowest BCUT2D eigenvalue weighted by Crippen LogP contribution is -1.90. The maximum atomic E-state index is 2.39. The van der Waals surface area contributed by atoms with E-state index in [1.165, 1.54) is 93.5 Å². The van der Waals surface area contributed by atoms with Crippen LogP contribution in [0.2, 0.25) is 0 Å². The molecule has 0 saturated carbocycles. The monoisotopic (exact) mass is 574 g/mol. The first kappa shape index (κ1) is 27.1. The average Bonchev–Trinajstić information content (AvgIpc) is 3.08. The SMILES string of the molecule is Cc1ccc(-c2ccc(C)c3ccc(-c4ccc(-c5cc(C)cc(-c6cccc7ccccc67)c5)c5ccccc45)cc23)cc1. The molecule has 0 radical (unpaired) electrons. The summed E-state index contributed by atoms with van der Waals surface area (Å²) in [6.45, 7) is 6.56. The second-order valence-electron chi connectivity index (χ2n) is 12.4. The van der Waals surface area contributed by atoms with Gasteiger partial charge >= 0.3 is 0 Å². The number of aryl methyl sites for hydroxylation is 3. The Morgan fingerprint density at radius 2 is 0.844 bits per heavy atom. The minimum absolute atomic E-state index is 1.24. The van der Waals surface area contributed by atoms with Gasteiger partial charge in [-0.2, -0.15) is 0 Å². The van der Waals surface area contributed by atoms with Gasteiger partial charge in [0, 0.05) is 0 Å². The number of rotatable bonds is 4. The van der Waals surface area contributed by atoms with Gasteiger partial charge in [-0.25, -0.2) is 0 Å². The molecule has 8 rings (SSSR count). The van der Waals surface area contributed by atoms with Crippen molar-refractivity contribution in [2.45, 2.75) is 20.8 Å². The molecule has 0 aliphatic rings. The first-order chi connectivity index (χ1) is 22.0. The molecule has 0 aliphatic carbocycles. The molecule has 0 spiro atoms. The summed E-state index contributed by atoms with van der Waals surface area (Å²) in [6, 6.07) is 56.2. The molecule has 0 heterocycles. The first-order valence-electron chi connectivity index (χ1n) is 15.8. The normalized spacial score (nSPS) is 11.4. The Kier molecular flexibility index (Phi) is 6.58. The van der Waals surface area contributed by atoms with Gasteiger partial charge in [0.15, 0.2) is 0 Å². The van der Waals surface area contributed by atoms with Crippen molar-refractivity contribution < 1.29 is 0 Å². The fraction of sp³-hybridized carbons (Fsp3) is 0.0667. The average molecular weight is 575 g/mol. The highest BCUT2D eigenvalue weighted by Crippen LogP contribution is 2.40. The van der Waals surface area contributed by atoms with Crippen LogP contribution in [0, 0.1) is 20.8 Å². The van der Waals surface area contributed by atoms with E-state index < -0.39 is 0 Å². The third-order valence-corrected chi connectivity index (χ3v) is 9.32. The zero-order valence-corrected chi connectivity index (χ0v) is 25.9. The molecule has 0 amide bonds. The van der Waals surface area contributed by atoms with E-state index in [2.05, 4.69) is 172 Å². The van der Waals surface area contributed by atoms with Crippen LogP contribution in [-0.2, 0) is 0 Å². The van der Waals surface area contributed by atoms with Gasteiger partial charge in [-0.3, -0.25) is 0 Å². The standard InChI is InChI=1S/C45H34/c1-29-15-18-33(19-16-29)40-21-17-31(3)37-22-20-34(28-45(37)40)41-23-24-42(44-13-7-6-12-43(41)44)36-26-30(2)25-35(27-36)39-14-8-10-32-9-4-5-11-38(32)39/h4-28H,1-3H3. The molecule has 0 fully saturated rings. The van der Waals surface area contributed by atoms with Crippen molar-refractivity contribution in [2.24, 2.45) is 0 Å².